The molecule has 2 aromatic heterocycles. The molecule has 0 spiro atoms. The molecule has 0 aliphatic rings. The fourth-order valence-corrected chi connectivity index (χ4v) is 2.97. The number of halogens is 1. The molecule has 2 aromatic carbocycles. The number of benzene rings is 2. The van der Waals surface area contributed by atoms with Gasteiger partial charge in [0.15, 0.2) is 0 Å². The molecule has 4 nitrogen and oxygen atoms in total. The summed E-state index contributed by atoms with van der Waals surface area (Å²) in [7, 11) is 1.37. The number of ether oxygens (including phenoxy) is 1. The Morgan fingerprint density at radius 2 is 1.88 bits per heavy atom. The van der Waals surface area contributed by atoms with Crippen molar-refractivity contribution in [3.8, 4) is 11.3 Å². The number of hydrogen-bond donors (Lipinski definition) is 0. The Balaban J connectivity index is 2.02. The zero-order chi connectivity index (χ0) is 16.7. The summed E-state index contributed by atoms with van der Waals surface area (Å²) in [4.78, 5) is 16.6. The minimum atomic E-state index is -0.376. The van der Waals surface area contributed by atoms with Crippen LogP contribution in [0.5, 0.6) is 0 Å². The maximum Gasteiger partial charge on any atom is 0.337 e. The lowest BCUT2D eigenvalue weighted by Gasteiger charge is -2.10. The first kappa shape index (κ1) is 14.7. The van der Waals surface area contributed by atoms with Gasteiger partial charge in [0, 0.05) is 16.8 Å². The van der Waals surface area contributed by atoms with Crippen molar-refractivity contribution < 1.29 is 9.53 Å². The van der Waals surface area contributed by atoms with Crippen LogP contribution in [0.2, 0.25) is 5.02 Å². The van der Waals surface area contributed by atoms with Crippen molar-refractivity contribution >= 4 is 34.1 Å². The normalized spacial score (nSPS) is 11.1. The third-order valence-corrected chi connectivity index (χ3v) is 4.25. The van der Waals surface area contributed by atoms with E-state index in [0.717, 1.165) is 27.8 Å². The van der Waals surface area contributed by atoms with Crippen molar-refractivity contribution in [3.63, 3.8) is 0 Å². The molecule has 24 heavy (non-hydrogen) atoms. The molecule has 0 fully saturated rings. The van der Waals surface area contributed by atoms with E-state index in [1.807, 2.05) is 48.7 Å². The fraction of sp³-hybridized carbons (Fsp3) is 0.0526. The molecule has 118 valence electrons. The molecule has 0 saturated carbocycles. The third kappa shape index (κ3) is 2.32. The third-order valence-electron chi connectivity index (χ3n) is 4.00. The number of carbonyl (C=O) groups is 1. The van der Waals surface area contributed by atoms with E-state index in [1.165, 1.54) is 7.11 Å². The average molecular weight is 337 g/mol. The molecule has 0 aliphatic heterocycles. The van der Waals surface area contributed by atoms with Crippen LogP contribution in [-0.4, -0.2) is 22.5 Å². The van der Waals surface area contributed by atoms with E-state index in [-0.39, 0.29) is 5.97 Å². The Morgan fingerprint density at radius 3 is 2.62 bits per heavy atom. The maximum absolute atomic E-state index is 11.8. The van der Waals surface area contributed by atoms with Gasteiger partial charge >= 0.3 is 5.97 Å². The summed E-state index contributed by atoms with van der Waals surface area (Å²) < 4.78 is 6.86. The van der Waals surface area contributed by atoms with E-state index in [0.29, 0.717) is 10.6 Å². The molecule has 0 bridgehead atoms. The molecular weight excluding hydrogens is 324 g/mol. The summed E-state index contributed by atoms with van der Waals surface area (Å²) in [6, 6.07) is 16.9. The fourth-order valence-electron chi connectivity index (χ4n) is 2.84. The molecule has 0 N–H and O–H groups in total. The SMILES string of the molecule is COC(=O)c1ccc2c(c1)nc(-c1ccc(Cl)cc1)c1cccn12. The molecule has 5 heteroatoms. The van der Waals surface area contributed by atoms with Crippen LogP contribution in [0, 0.1) is 0 Å². The van der Waals surface area contributed by atoms with E-state index < -0.39 is 0 Å². The van der Waals surface area contributed by atoms with Crippen molar-refractivity contribution in [2.45, 2.75) is 0 Å². The highest BCUT2D eigenvalue weighted by atomic mass is 35.5. The molecule has 4 aromatic rings. The Hall–Kier alpha value is -2.85. The second kappa shape index (κ2) is 5.65. The number of carbonyl (C=O) groups excluding carboxylic acids is 1. The summed E-state index contributed by atoms with van der Waals surface area (Å²) in [5, 5.41) is 0.680. The van der Waals surface area contributed by atoms with Crippen LogP contribution in [0.15, 0.2) is 60.8 Å². The summed E-state index contributed by atoms with van der Waals surface area (Å²) in [6.07, 6.45) is 1.98. The van der Waals surface area contributed by atoms with Crippen LogP contribution < -0.4 is 0 Å². The zero-order valence-electron chi connectivity index (χ0n) is 12.9. The Kier molecular flexibility index (Phi) is 3.47. The number of rotatable bonds is 2. The molecule has 0 saturated heterocycles. The lowest BCUT2D eigenvalue weighted by Crippen LogP contribution is -2.02. The van der Waals surface area contributed by atoms with E-state index in [4.69, 9.17) is 21.3 Å². The van der Waals surface area contributed by atoms with Crippen LogP contribution >= 0.6 is 11.6 Å². The van der Waals surface area contributed by atoms with Gasteiger partial charge in [0.1, 0.15) is 0 Å². The lowest BCUT2D eigenvalue weighted by molar-refractivity contribution is 0.0601. The zero-order valence-corrected chi connectivity index (χ0v) is 13.6. The molecule has 4 rings (SSSR count). The number of methoxy groups -OCH3 is 1. The van der Waals surface area contributed by atoms with Crippen molar-refractivity contribution in [2.24, 2.45) is 0 Å². The van der Waals surface area contributed by atoms with Crippen molar-refractivity contribution in [1.82, 2.24) is 9.38 Å². The summed E-state index contributed by atoms with van der Waals surface area (Å²) in [5.41, 5.74) is 4.94. The predicted molar refractivity (Wildman–Crippen MR) is 94.5 cm³/mol. The smallest absolute Gasteiger partial charge is 0.337 e. The molecule has 0 atom stereocenters. The van der Waals surface area contributed by atoms with Crippen LogP contribution in [0.4, 0.5) is 0 Å². The van der Waals surface area contributed by atoms with E-state index in [2.05, 4.69) is 4.40 Å². The highest BCUT2D eigenvalue weighted by Crippen LogP contribution is 2.28. The van der Waals surface area contributed by atoms with Gasteiger partial charge in [0.25, 0.3) is 0 Å². The van der Waals surface area contributed by atoms with Gasteiger partial charge in [-0.3, -0.25) is 0 Å². The van der Waals surface area contributed by atoms with Gasteiger partial charge in [-0.2, -0.15) is 0 Å². The van der Waals surface area contributed by atoms with Crippen LogP contribution in [-0.2, 0) is 4.74 Å². The highest BCUT2D eigenvalue weighted by molar-refractivity contribution is 6.30. The number of fused-ring (bicyclic) bond motifs is 3. The molecule has 2 heterocycles. The maximum atomic E-state index is 11.8. The van der Waals surface area contributed by atoms with E-state index in [9.17, 15) is 4.79 Å². The molecule has 0 radical (unpaired) electrons. The number of aromatic nitrogens is 2. The molecule has 0 unspecified atom stereocenters. The van der Waals surface area contributed by atoms with Crippen molar-refractivity contribution in [2.75, 3.05) is 7.11 Å². The summed E-state index contributed by atoms with van der Waals surface area (Å²) in [6.45, 7) is 0. The lowest BCUT2D eigenvalue weighted by atomic mass is 10.1. The monoisotopic (exact) mass is 336 g/mol. The summed E-state index contributed by atoms with van der Waals surface area (Å²) >= 11 is 5.99. The Morgan fingerprint density at radius 1 is 1.08 bits per heavy atom. The topological polar surface area (TPSA) is 43.6 Å². The molecule has 0 amide bonds. The van der Waals surface area contributed by atoms with Gasteiger partial charge in [-0.1, -0.05) is 23.7 Å². The molecule has 0 aliphatic carbocycles. The van der Waals surface area contributed by atoms with Crippen LogP contribution in [0.25, 0.3) is 27.8 Å². The average Bonchev–Trinajstić information content (AvgIpc) is 3.10. The van der Waals surface area contributed by atoms with Crippen LogP contribution in [0.3, 0.4) is 0 Å². The second-order valence-corrected chi connectivity index (χ2v) is 5.86. The van der Waals surface area contributed by atoms with Crippen LogP contribution in [0.1, 0.15) is 10.4 Å². The van der Waals surface area contributed by atoms with Crippen molar-refractivity contribution in [3.05, 3.63) is 71.4 Å². The highest BCUT2D eigenvalue weighted by Gasteiger charge is 2.13. The molecular formula is C19H13ClN2O2. The quantitative estimate of drug-likeness (QED) is 0.503. The van der Waals surface area contributed by atoms with E-state index >= 15 is 0 Å². The number of esters is 1. The minimum Gasteiger partial charge on any atom is -0.465 e. The van der Waals surface area contributed by atoms with Crippen molar-refractivity contribution in [1.29, 1.82) is 0 Å². The van der Waals surface area contributed by atoms with Gasteiger partial charge in [-0.05, 0) is 42.5 Å². The van der Waals surface area contributed by atoms with Gasteiger partial charge < -0.3 is 9.14 Å². The summed E-state index contributed by atoms with van der Waals surface area (Å²) in [5.74, 6) is -0.376. The first-order valence-electron chi connectivity index (χ1n) is 7.42. The minimum absolute atomic E-state index is 0.376. The van der Waals surface area contributed by atoms with Gasteiger partial charge in [-0.15, -0.1) is 0 Å². The number of nitrogens with zero attached hydrogens (tertiary/aromatic N) is 2. The largest absolute Gasteiger partial charge is 0.465 e. The number of hydrogen-bond acceptors (Lipinski definition) is 3. The van der Waals surface area contributed by atoms with E-state index in [1.54, 1.807) is 12.1 Å². The first-order chi connectivity index (χ1) is 11.7. The second-order valence-electron chi connectivity index (χ2n) is 5.43. The Bertz CT molecular complexity index is 1070. The Labute approximate surface area is 143 Å². The first-order valence-corrected chi connectivity index (χ1v) is 7.80. The predicted octanol–water partition coefficient (Wildman–Crippen LogP) is 4.59. The van der Waals surface area contributed by atoms with Gasteiger partial charge in [-0.25, -0.2) is 9.78 Å². The standard InChI is InChI=1S/C19H13ClN2O2/c1-24-19(23)13-6-9-16-15(11-13)21-18(17-3-2-10-22(16)17)12-4-7-14(20)8-5-12/h2-11H,1H3. The van der Waals surface area contributed by atoms with Gasteiger partial charge in [0.05, 0.1) is 34.9 Å². The van der Waals surface area contributed by atoms with Gasteiger partial charge in [0.2, 0.25) is 0 Å².